The van der Waals surface area contributed by atoms with Gasteiger partial charge in [0, 0.05) is 83.5 Å². The normalized spacial score (nSPS) is 15.7. The van der Waals surface area contributed by atoms with Crippen LogP contribution in [0.2, 0.25) is 0 Å². The topological polar surface area (TPSA) is 326 Å². The van der Waals surface area contributed by atoms with Crippen LogP contribution in [0.25, 0.3) is 49.1 Å². The van der Waals surface area contributed by atoms with E-state index in [2.05, 4.69) is 63.1 Å². The van der Waals surface area contributed by atoms with Crippen molar-refractivity contribution < 1.29 is 42.3 Å². The van der Waals surface area contributed by atoms with E-state index in [1.165, 1.54) is 85.5 Å². The molecule has 0 spiro atoms. The molecule has 84 heavy (non-hydrogen) atoms. The molecule has 0 aromatic carbocycles. The van der Waals surface area contributed by atoms with Gasteiger partial charge in [-0.15, -0.1) is 68.0 Å². The summed E-state index contributed by atoms with van der Waals surface area (Å²) in [6.07, 6.45) is 3.79. The van der Waals surface area contributed by atoms with Crippen LogP contribution >= 0.6 is 68.0 Å². The highest BCUT2D eigenvalue weighted by atomic mass is 32.2. The van der Waals surface area contributed by atoms with Gasteiger partial charge in [0.15, 0.2) is 0 Å². The van der Waals surface area contributed by atoms with Gasteiger partial charge in [0.2, 0.25) is 21.8 Å². The molecule has 9 rings (SSSR count). The Balaban J connectivity index is 0.879. The summed E-state index contributed by atoms with van der Waals surface area (Å²) >= 11 is 7.32. The maximum Gasteiger partial charge on any atom is 0.295 e. The highest BCUT2D eigenvalue weighted by molar-refractivity contribution is 7.88. The second-order valence-electron chi connectivity index (χ2n) is 20.0. The number of aromatic nitrogens is 7. The highest BCUT2D eigenvalue weighted by Crippen LogP contribution is 2.39. The number of aliphatic hydroxyl groups is 1. The minimum atomic E-state index is -3.25. The molecule has 6 N–H and O–H groups in total. The van der Waals surface area contributed by atoms with E-state index in [0.29, 0.717) is 129 Å². The molecule has 0 unspecified atom stereocenters. The van der Waals surface area contributed by atoms with Gasteiger partial charge in [-0.25, -0.2) is 48.3 Å². The fourth-order valence-corrected chi connectivity index (χ4v) is 14.8. The second kappa shape index (κ2) is 26.6. The number of allylic oxidation sites excluding steroid dienone is 1. The van der Waals surface area contributed by atoms with Gasteiger partial charge in [-0.1, -0.05) is 26.8 Å². The molecular weight excluding hydrogens is 1220 g/mol. The van der Waals surface area contributed by atoms with Crippen molar-refractivity contribution in [3.63, 3.8) is 0 Å². The summed E-state index contributed by atoms with van der Waals surface area (Å²) in [6, 6.07) is 1.95. The molecule has 24 nitrogen and oxygen atoms in total. The van der Waals surface area contributed by atoms with Crippen LogP contribution in [0.5, 0.6) is 0 Å². The average molecular weight is 1270 g/mol. The Morgan fingerprint density at radius 3 is 2.01 bits per heavy atom. The Kier molecular flexibility index (Phi) is 19.6. The van der Waals surface area contributed by atoms with Crippen LogP contribution in [-0.2, 0) is 19.6 Å². The number of aliphatic hydroxyl groups excluding tert-OH is 1. The Bertz CT molecular complexity index is 3750. The number of carbonyl (C=O) groups excluding carboxylic acids is 6. The van der Waals surface area contributed by atoms with Crippen LogP contribution in [0.4, 0.5) is 0 Å². The fourth-order valence-electron chi connectivity index (χ4n) is 8.70. The number of nitrogens with zero attached hydrogens (tertiary/aromatic N) is 10. The lowest BCUT2D eigenvalue weighted by Crippen LogP contribution is -2.52. The molecule has 2 aliphatic rings. The van der Waals surface area contributed by atoms with Crippen molar-refractivity contribution in [1.29, 1.82) is 0 Å². The molecule has 2 fully saturated rings. The number of carbonyl (C=O) groups is 6. The van der Waals surface area contributed by atoms with Crippen molar-refractivity contribution in [2.75, 3.05) is 45.5 Å². The first-order chi connectivity index (χ1) is 40.2. The predicted octanol–water partition coefficient (Wildman–Crippen LogP) is 6.54. The Morgan fingerprint density at radius 2 is 1.33 bits per heavy atom. The van der Waals surface area contributed by atoms with Crippen molar-refractivity contribution >= 4 is 126 Å². The zero-order chi connectivity index (χ0) is 60.0. The van der Waals surface area contributed by atoms with Gasteiger partial charge in [0.05, 0.1) is 29.8 Å². The van der Waals surface area contributed by atoms with Crippen LogP contribution in [0.3, 0.4) is 0 Å². The standard InChI is InChI=1S/C53H59N15O9S7/c1-8-10-38(70)56-30(9-2)47-60-34(23-79-47)43(72)64-39(27(3)4)50-62-35(24-83-50)44(73)65-40(28(5)69)51-58-32(21-82-51)41-29(46-59-33(22-78-46)42(71)54-6)11-12-31(57-41)48-63-37(26-81-48)49-61-36(25-80-49)45(74)66-53(13-14-53)52(75)55-15-16-67-17-19-68(20-18-67)84(7,76)77/h9,11-12,21-28,39-40,69H,6,8,10,13-20H2,1-5,7H3,(H,55,75)(H,56,70)(H,64,72)(H,65,73)(H,66,74)/b30-9-/t28-,39+,40+/m1/s1. The zero-order valence-corrected chi connectivity index (χ0v) is 52.0. The second-order valence-corrected chi connectivity index (χ2v) is 27.2. The SMILES string of the molecule is C=NC(=O)c1csc(-c2ccc(-c3nc(-c4nc(C(=O)NC5(C(=O)NCCN6CCN(S(C)(=O)=O)CC6)CC5)cs4)cs3)nc2-c2csc([C@@H](NC(=O)c3csc([C@@H](NC(=O)c4csc(/C(=C/C)NC(=O)CCC)n4)C(C)C)n3)[C@@H](C)O)n2)n1. The third-order valence-corrected chi connectivity index (χ3v) is 20.1. The van der Waals surface area contributed by atoms with Crippen LogP contribution in [0.1, 0.15) is 129 Å². The lowest BCUT2D eigenvalue weighted by Gasteiger charge is -2.33. The van der Waals surface area contributed by atoms with Crippen molar-refractivity contribution in [2.24, 2.45) is 10.9 Å². The fraction of sp³-hybridized carbons (Fsp3) is 0.396. The number of sulfonamides is 1. The molecule has 6 amide bonds. The minimum Gasteiger partial charge on any atom is -0.391 e. The molecule has 442 valence electrons. The van der Waals surface area contributed by atoms with Gasteiger partial charge in [0.25, 0.3) is 23.6 Å². The van der Waals surface area contributed by atoms with Gasteiger partial charge in [0.1, 0.15) is 81.5 Å². The molecule has 0 radical (unpaired) electrons. The molecule has 7 aromatic heterocycles. The van der Waals surface area contributed by atoms with Crippen LogP contribution in [0, 0.1) is 5.92 Å². The monoisotopic (exact) mass is 1270 g/mol. The number of amides is 6. The third-order valence-electron chi connectivity index (χ3n) is 13.5. The summed E-state index contributed by atoms with van der Waals surface area (Å²) in [6.45, 7) is 15.2. The first-order valence-corrected chi connectivity index (χ1v) is 33.6. The molecule has 3 atom stereocenters. The molecule has 1 aliphatic heterocycles. The van der Waals surface area contributed by atoms with Crippen LogP contribution in [-0.4, -0.2) is 157 Å². The number of pyridine rings is 1. The Morgan fingerprint density at radius 1 is 0.726 bits per heavy atom. The first-order valence-electron chi connectivity index (χ1n) is 26.5. The van der Waals surface area contributed by atoms with E-state index >= 15 is 0 Å². The van der Waals surface area contributed by atoms with Crippen LogP contribution in [0.15, 0.2) is 55.5 Å². The van der Waals surface area contributed by atoms with Gasteiger partial charge < -0.3 is 31.7 Å². The lowest BCUT2D eigenvalue weighted by atomic mass is 10.1. The smallest absolute Gasteiger partial charge is 0.295 e. The zero-order valence-electron chi connectivity index (χ0n) is 46.3. The maximum absolute atomic E-state index is 14.0. The van der Waals surface area contributed by atoms with Gasteiger partial charge in [-0.05, 0) is 57.9 Å². The number of thiazole rings is 6. The Labute approximate surface area is 507 Å². The van der Waals surface area contributed by atoms with E-state index in [-0.39, 0.29) is 40.5 Å². The molecule has 8 heterocycles. The van der Waals surface area contributed by atoms with Crippen molar-refractivity contribution in [3.05, 3.63) is 88.3 Å². The van der Waals surface area contributed by atoms with Crippen LogP contribution < -0.4 is 26.6 Å². The number of hydrogen-bond donors (Lipinski definition) is 6. The van der Waals surface area contributed by atoms with E-state index in [1.54, 1.807) is 57.4 Å². The van der Waals surface area contributed by atoms with Crippen molar-refractivity contribution in [1.82, 2.24) is 70.7 Å². The molecule has 1 saturated heterocycles. The number of hydrogen-bond acceptors (Lipinski definition) is 23. The van der Waals surface area contributed by atoms with E-state index in [1.807, 2.05) is 20.8 Å². The summed E-state index contributed by atoms with van der Waals surface area (Å²) in [4.78, 5) is 118. The molecule has 31 heteroatoms. The number of nitrogens with one attached hydrogen (secondary N) is 5. The molecule has 7 aromatic rings. The minimum absolute atomic E-state index is 0.0645. The van der Waals surface area contributed by atoms with E-state index in [0.717, 1.165) is 0 Å². The van der Waals surface area contributed by atoms with E-state index in [9.17, 15) is 42.3 Å². The molecular formula is C53H59N15O9S7. The summed E-state index contributed by atoms with van der Waals surface area (Å²) in [5, 5.41) is 38.3. The predicted molar refractivity (Wildman–Crippen MR) is 326 cm³/mol. The molecule has 0 bridgehead atoms. The lowest BCUT2D eigenvalue weighted by molar-refractivity contribution is -0.124. The van der Waals surface area contributed by atoms with Gasteiger partial charge >= 0.3 is 0 Å². The first kappa shape index (κ1) is 61.7. The number of piperazine rings is 1. The number of aliphatic imine (C=N–C) groups is 1. The van der Waals surface area contributed by atoms with Crippen molar-refractivity contribution in [2.45, 2.75) is 84.0 Å². The summed E-state index contributed by atoms with van der Waals surface area (Å²) < 4.78 is 25.2. The van der Waals surface area contributed by atoms with E-state index in [4.69, 9.17) is 15.0 Å². The summed E-state index contributed by atoms with van der Waals surface area (Å²) in [5.74, 6) is -2.71. The van der Waals surface area contributed by atoms with Gasteiger partial charge in [-0.3, -0.25) is 33.7 Å². The molecule has 1 saturated carbocycles. The van der Waals surface area contributed by atoms with E-state index < -0.39 is 57.4 Å². The quantitative estimate of drug-likeness (QED) is 0.0350. The number of rotatable bonds is 24. The highest BCUT2D eigenvalue weighted by Gasteiger charge is 2.51. The largest absolute Gasteiger partial charge is 0.391 e. The molecule has 1 aliphatic carbocycles. The Hall–Kier alpha value is -6.81. The summed E-state index contributed by atoms with van der Waals surface area (Å²) in [5.41, 5.74) is 2.13. The third kappa shape index (κ3) is 14.5. The summed E-state index contributed by atoms with van der Waals surface area (Å²) in [7, 11) is -3.25. The van der Waals surface area contributed by atoms with Gasteiger partial charge in [-0.2, -0.15) is 4.31 Å². The maximum atomic E-state index is 14.0. The van der Waals surface area contributed by atoms with Crippen molar-refractivity contribution in [3.8, 4) is 43.4 Å². The average Bonchev–Trinajstić information content (AvgIpc) is 2.91.